The summed E-state index contributed by atoms with van der Waals surface area (Å²) in [6.07, 6.45) is 25.1. The number of rotatable bonds is 6. The Balaban J connectivity index is 0.000000357. The third-order valence-electron chi connectivity index (χ3n) is 3.97. The van der Waals surface area contributed by atoms with Gasteiger partial charge in [0, 0.05) is 0 Å². The van der Waals surface area contributed by atoms with Crippen molar-refractivity contribution in [2.75, 3.05) is 0 Å². The van der Waals surface area contributed by atoms with Crippen LogP contribution in [0.25, 0.3) is 0 Å². The van der Waals surface area contributed by atoms with E-state index in [0.29, 0.717) is 0 Å². The van der Waals surface area contributed by atoms with E-state index in [9.17, 15) is 0 Å². The maximum absolute atomic E-state index is 3.72. The van der Waals surface area contributed by atoms with Crippen molar-refractivity contribution in [3.8, 4) is 0 Å². The van der Waals surface area contributed by atoms with E-state index in [4.69, 9.17) is 0 Å². The van der Waals surface area contributed by atoms with E-state index in [2.05, 4.69) is 57.2 Å². The summed E-state index contributed by atoms with van der Waals surface area (Å²) in [6, 6.07) is 9.87. The van der Waals surface area contributed by atoms with Gasteiger partial charge in [-0.1, -0.05) is 58.4 Å². The van der Waals surface area contributed by atoms with Crippen LogP contribution in [-0.2, 0) is 26.2 Å². The minimum absolute atomic E-state index is 0. The molecular weight excluding hydrogens is 391 g/mol. The molecule has 0 saturated carbocycles. The summed E-state index contributed by atoms with van der Waals surface area (Å²) in [5, 5.41) is 0. The number of unbranched alkanes of at least 4 members (excludes halogenated alkanes) is 2. The van der Waals surface area contributed by atoms with Crippen LogP contribution in [-0.4, -0.2) is 0 Å². The zero-order valence-electron chi connectivity index (χ0n) is 16.6. The van der Waals surface area contributed by atoms with Crippen LogP contribution in [0, 0.1) is 19.1 Å². The molecule has 2 aliphatic carbocycles. The second-order valence-electron chi connectivity index (χ2n) is 6.31. The molecule has 0 heterocycles. The SMILES string of the molecule is CCCCC1=[C-]CC=C1.CCCCC1=[C-]CC=C1.[CH2-]c1ccccc1.[Zr+3]. The van der Waals surface area contributed by atoms with Crippen LogP contribution < -0.4 is 0 Å². The molecule has 137 valence electrons. The zero-order valence-corrected chi connectivity index (χ0v) is 19.0. The summed E-state index contributed by atoms with van der Waals surface area (Å²) < 4.78 is 0. The monoisotopic (exact) mass is 423 g/mol. The molecule has 3 rings (SSSR count). The number of hydrogen-bond donors (Lipinski definition) is 0. The first-order valence-corrected chi connectivity index (χ1v) is 9.65. The van der Waals surface area contributed by atoms with Crippen LogP contribution in [0.1, 0.15) is 70.8 Å². The van der Waals surface area contributed by atoms with Crippen molar-refractivity contribution in [1.29, 1.82) is 0 Å². The van der Waals surface area contributed by atoms with Crippen LogP contribution in [0.15, 0.2) is 65.8 Å². The third kappa shape index (κ3) is 13.2. The molecule has 0 aliphatic heterocycles. The Labute approximate surface area is 181 Å². The molecule has 0 saturated heterocycles. The Morgan fingerprint density at radius 2 is 1.27 bits per heavy atom. The first kappa shape index (κ1) is 24.9. The van der Waals surface area contributed by atoms with E-state index in [1.807, 2.05) is 30.3 Å². The van der Waals surface area contributed by atoms with E-state index < -0.39 is 0 Å². The molecule has 1 radical (unpaired) electrons. The molecule has 0 nitrogen and oxygen atoms in total. The Morgan fingerprint density at radius 3 is 1.54 bits per heavy atom. The first-order chi connectivity index (χ1) is 12.3. The molecule has 0 atom stereocenters. The fraction of sp³-hybridized carbons (Fsp3) is 0.400. The zero-order chi connectivity index (χ0) is 18.2. The maximum Gasteiger partial charge on any atom is 3.00 e. The Morgan fingerprint density at radius 1 is 0.808 bits per heavy atom. The number of benzene rings is 1. The number of hydrogen-bond acceptors (Lipinski definition) is 0. The van der Waals surface area contributed by atoms with E-state index in [1.165, 1.54) is 49.7 Å². The second-order valence-corrected chi connectivity index (χ2v) is 6.31. The van der Waals surface area contributed by atoms with Gasteiger partial charge in [0.05, 0.1) is 0 Å². The van der Waals surface area contributed by atoms with Crippen molar-refractivity contribution in [2.24, 2.45) is 0 Å². The molecule has 26 heavy (non-hydrogen) atoms. The topological polar surface area (TPSA) is 0 Å². The smallest absolute Gasteiger partial charge is 0.269 e. The van der Waals surface area contributed by atoms with Gasteiger partial charge in [0.1, 0.15) is 0 Å². The molecule has 0 unspecified atom stereocenters. The molecule has 0 N–H and O–H groups in total. The molecular formula is C25H33Zr. The molecule has 1 heteroatoms. The van der Waals surface area contributed by atoms with E-state index in [1.54, 1.807) is 0 Å². The van der Waals surface area contributed by atoms with Crippen LogP contribution in [0.2, 0.25) is 0 Å². The number of allylic oxidation sites excluding steroid dienone is 8. The van der Waals surface area contributed by atoms with Crippen LogP contribution in [0.3, 0.4) is 0 Å². The van der Waals surface area contributed by atoms with Gasteiger partial charge in [-0.05, 0) is 0 Å². The van der Waals surface area contributed by atoms with Crippen LogP contribution in [0.4, 0.5) is 0 Å². The summed E-state index contributed by atoms with van der Waals surface area (Å²) in [4.78, 5) is 0. The third-order valence-corrected chi connectivity index (χ3v) is 3.97. The second kappa shape index (κ2) is 17.4. The van der Waals surface area contributed by atoms with Gasteiger partial charge in [0.25, 0.3) is 0 Å². The fourth-order valence-electron chi connectivity index (χ4n) is 2.46. The largest absolute Gasteiger partial charge is 3.00 e. The molecule has 0 aromatic heterocycles. The van der Waals surface area contributed by atoms with Crippen molar-refractivity contribution in [1.82, 2.24) is 0 Å². The predicted molar refractivity (Wildman–Crippen MR) is 111 cm³/mol. The fourth-order valence-corrected chi connectivity index (χ4v) is 2.46. The minimum Gasteiger partial charge on any atom is -0.269 e. The van der Waals surface area contributed by atoms with Crippen molar-refractivity contribution >= 4 is 0 Å². The van der Waals surface area contributed by atoms with Gasteiger partial charge >= 0.3 is 26.2 Å². The van der Waals surface area contributed by atoms with Gasteiger partial charge in [0.2, 0.25) is 0 Å². The van der Waals surface area contributed by atoms with Crippen LogP contribution in [0.5, 0.6) is 0 Å². The molecule has 0 amide bonds. The molecule has 2 aliphatic rings. The van der Waals surface area contributed by atoms with Gasteiger partial charge in [-0.3, -0.25) is 12.2 Å². The summed E-state index contributed by atoms with van der Waals surface area (Å²) >= 11 is 0. The average molecular weight is 425 g/mol. The summed E-state index contributed by atoms with van der Waals surface area (Å²) in [5.74, 6) is 0. The molecule has 1 aromatic rings. The van der Waals surface area contributed by atoms with Gasteiger partial charge in [-0.25, -0.2) is 23.3 Å². The van der Waals surface area contributed by atoms with Crippen molar-refractivity contribution in [3.63, 3.8) is 0 Å². The predicted octanol–water partition coefficient (Wildman–Crippen LogP) is 7.60. The standard InChI is InChI=1S/2C9H13.C7H7.Zr/c2*1-2-3-6-9-7-4-5-8-9;1-7-5-3-2-4-6-7;/h2*4,7H,2-3,5-6H2,1H3;2-6H,1H2;/q3*-1;+3. The Kier molecular flexibility index (Phi) is 16.6. The molecule has 1 aromatic carbocycles. The Hall–Kier alpha value is -1.07. The van der Waals surface area contributed by atoms with Crippen molar-refractivity contribution in [2.45, 2.75) is 65.2 Å². The van der Waals surface area contributed by atoms with Gasteiger partial charge in [0.15, 0.2) is 0 Å². The van der Waals surface area contributed by atoms with E-state index in [0.717, 1.165) is 18.4 Å². The summed E-state index contributed by atoms with van der Waals surface area (Å²) in [5.41, 5.74) is 3.90. The normalized spacial score (nSPS) is 13.6. The van der Waals surface area contributed by atoms with Gasteiger partial charge in [-0.15, -0.1) is 25.0 Å². The quantitative estimate of drug-likeness (QED) is 0.412. The van der Waals surface area contributed by atoms with Gasteiger partial charge in [-0.2, -0.15) is 36.8 Å². The average Bonchev–Trinajstić information content (AvgIpc) is 3.34. The summed E-state index contributed by atoms with van der Waals surface area (Å²) in [7, 11) is 0. The Bertz CT molecular complexity index is 527. The minimum atomic E-state index is 0. The van der Waals surface area contributed by atoms with E-state index in [-0.39, 0.29) is 26.2 Å². The van der Waals surface area contributed by atoms with Crippen molar-refractivity contribution < 1.29 is 26.2 Å². The molecule has 0 bridgehead atoms. The van der Waals surface area contributed by atoms with Crippen LogP contribution >= 0.6 is 0 Å². The van der Waals surface area contributed by atoms with Crippen molar-refractivity contribution in [3.05, 3.63) is 90.4 Å². The maximum atomic E-state index is 3.72. The molecule has 0 spiro atoms. The van der Waals surface area contributed by atoms with E-state index >= 15 is 0 Å². The van der Waals surface area contributed by atoms with Gasteiger partial charge < -0.3 is 0 Å². The molecule has 0 fully saturated rings. The first-order valence-electron chi connectivity index (χ1n) is 9.65. The summed E-state index contributed by atoms with van der Waals surface area (Å²) in [6.45, 7) is 8.16.